The molecule has 0 aliphatic heterocycles. The maximum atomic E-state index is 11.1. The zero-order valence-corrected chi connectivity index (χ0v) is 9.03. The first-order valence-corrected chi connectivity index (χ1v) is 6.28. The van der Waals surface area contributed by atoms with Gasteiger partial charge in [-0.2, -0.15) is 0 Å². The van der Waals surface area contributed by atoms with E-state index in [0.29, 0.717) is 10.6 Å². The van der Waals surface area contributed by atoms with E-state index in [-0.39, 0.29) is 11.0 Å². The van der Waals surface area contributed by atoms with Crippen molar-refractivity contribution in [3.05, 3.63) is 34.9 Å². The fraction of sp³-hybridized carbons (Fsp3) is 0.250. The number of benzene rings is 1. The van der Waals surface area contributed by atoms with Crippen LogP contribution in [0.1, 0.15) is 5.56 Å². The van der Waals surface area contributed by atoms with E-state index >= 15 is 0 Å². The Kier molecular flexibility index (Phi) is 3.59. The number of hydrogen-bond donors (Lipinski definition) is 0. The van der Waals surface area contributed by atoms with Crippen molar-refractivity contribution in [3.8, 4) is 0 Å². The van der Waals surface area contributed by atoms with Gasteiger partial charge < -0.3 is 0 Å². The lowest BCUT2D eigenvalue weighted by molar-refractivity contribution is 0.600. The summed E-state index contributed by atoms with van der Waals surface area (Å²) in [5.74, 6) is -0.101. The van der Waals surface area contributed by atoms with E-state index in [1.807, 2.05) is 0 Å². The number of alkyl halides is 1. The molecule has 0 spiro atoms. The molecule has 0 amide bonds. The summed E-state index contributed by atoms with van der Waals surface area (Å²) in [7, 11) is -3.21. The minimum Gasteiger partial charge on any atom is -0.227 e. The van der Waals surface area contributed by atoms with Gasteiger partial charge in [0.25, 0.3) is 0 Å². The fourth-order valence-corrected chi connectivity index (χ4v) is 2.21. The van der Waals surface area contributed by atoms with Crippen LogP contribution in [0.15, 0.2) is 24.3 Å². The van der Waals surface area contributed by atoms with Crippen LogP contribution in [-0.4, -0.2) is 13.6 Å². The Bertz CT molecular complexity index is 387. The standard InChI is InChI=1S/C8H8Cl2O2S/c9-6-13(11,12)5-7-3-1-2-4-8(7)10/h1-4H,5-6H2. The Balaban J connectivity index is 2.93. The van der Waals surface area contributed by atoms with E-state index < -0.39 is 9.84 Å². The van der Waals surface area contributed by atoms with Crippen LogP contribution in [0.2, 0.25) is 5.02 Å². The van der Waals surface area contributed by atoms with E-state index in [9.17, 15) is 8.42 Å². The van der Waals surface area contributed by atoms with Gasteiger partial charge in [-0.3, -0.25) is 0 Å². The summed E-state index contributed by atoms with van der Waals surface area (Å²) < 4.78 is 22.3. The predicted octanol–water partition coefficient (Wildman–Crippen LogP) is 2.45. The monoisotopic (exact) mass is 238 g/mol. The van der Waals surface area contributed by atoms with E-state index in [4.69, 9.17) is 23.2 Å². The van der Waals surface area contributed by atoms with Gasteiger partial charge in [0, 0.05) is 5.02 Å². The molecule has 0 atom stereocenters. The van der Waals surface area contributed by atoms with Crippen molar-refractivity contribution in [1.82, 2.24) is 0 Å². The number of sulfone groups is 1. The molecule has 1 aromatic rings. The summed E-state index contributed by atoms with van der Waals surface area (Å²) >= 11 is 11.0. The Morgan fingerprint density at radius 3 is 2.38 bits per heavy atom. The van der Waals surface area contributed by atoms with Crippen LogP contribution in [-0.2, 0) is 15.6 Å². The second-order valence-corrected chi connectivity index (χ2v) is 5.64. The molecule has 0 aromatic heterocycles. The van der Waals surface area contributed by atoms with Gasteiger partial charge in [-0.05, 0) is 11.6 Å². The first-order valence-electron chi connectivity index (χ1n) is 3.55. The third kappa shape index (κ3) is 3.18. The molecular formula is C8H8Cl2O2S. The molecule has 0 unspecified atom stereocenters. The summed E-state index contributed by atoms with van der Waals surface area (Å²) in [5, 5.41) is 0.0780. The van der Waals surface area contributed by atoms with Crippen molar-refractivity contribution in [3.63, 3.8) is 0 Å². The molecule has 2 nitrogen and oxygen atoms in total. The molecule has 5 heteroatoms. The maximum absolute atomic E-state index is 11.1. The predicted molar refractivity (Wildman–Crippen MR) is 54.8 cm³/mol. The van der Waals surface area contributed by atoms with Crippen LogP contribution in [0.5, 0.6) is 0 Å². The molecule has 0 fully saturated rings. The van der Waals surface area contributed by atoms with Gasteiger partial charge >= 0.3 is 0 Å². The number of halogens is 2. The van der Waals surface area contributed by atoms with Gasteiger partial charge in [0.15, 0.2) is 9.84 Å². The highest BCUT2D eigenvalue weighted by Gasteiger charge is 2.11. The Morgan fingerprint density at radius 1 is 1.23 bits per heavy atom. The number of rotatable bonds is 3. The highest BCUT2D eigenvalue weighted by molar-refractivity contribution is 7.91. The molecule has 0 heterocycles. The van der Waals surface area contributed by atoms with Crippen molar-refractivity contribution in [1.29, 1.82) is 0 Å². The highest BCUT2D eigenvalue weighted by Crippen LogP contribution is 2.18. The van der Waals surface area contributed by atoms with Gasteiger partial charge in [-0.1, -0.05) is 29.8 Å². The van der Waals surface area contributed by atoms with Gasteiger partial charge in [0.1, 0.15) is 5.21 Å². The van der Waals surface area contributed by atoms with Crippen molar-refractivity contribution < 1.29 is 8.42 Å². The first-order chi connectivity index (χ1) is 6.05. The van der Waals surface area contributed by atoms with Crippen LogP contribution in [0.25, 0.3) is 0 Å². The van der Waals surface area contributed by atoms with Gasteiger partial charge in [0.2, 0.25) is 0 Å². The Labute approximate surface area is 87.4 Å². The Hall–Kier alpha value is -0.250. The molecule has 13 heavy (non-hydrogen) atoms. The second kappa shape index (κ2) is 4.31. The number of hydrogen-bond acceptors (Lipinski definition) is 2. The third-order valence-electron chi connectivity index (χ3n) is 1.50. The highest BCUT2D eigenvalue weighted by atomic mass is 35.5. The van der Waals surface area contributed by atoms with Crippen molar-refractivity contribution in [2.24, 2.45) is 0 Å². The fourth-order valence-electron chi connectivity index (χ4n) is 0.891. The van der Waals surface area contributed by atoms with Crippen LogP contribution in [0.3, 0.4) is 0 Å². The lowest BCUT2D eigenvalue weighted by Crippen LogP contribution is -2.05. The zero-order chi connectivity index (χ0) is 9.90. The molecule has 0 saturated carbocycles. The normalized spacial score (nSPS) is 11.5. The smallest absolute Gasteiger partial charge is 0.168 e. The van der Waals surface area contributed by atoms with Gasteiger partial charge in [0.05, 0.1) is 5.75 Å². The maximum Gasteiger partial charge on any atom is 0.168 e. The zero-order valence-electron chi connectivity index (χ0n) is 6.70. The summed E-state index contributed by atoms with van der Waals surface area (Å²) in [6.45, 7) is 0. The van der Waals surface area contributed by atoms with E-state index in [1.165, 1.54) is 0 Å². The molecule has 0 radical (unpaired) electrons. The summed E-state index contributed by atoms with van der Waals surface area (Å²) in [6.07, 6.45) is 0. The van der Waals surface area contributed by atoms with Crippen molar-refractivity contribution >= 4 is 33.0 Å². The summed E-state index contributed by atoms with van der Waals surface area (Å²) in [5.41, 5.74) is 0.588. The van der Waals surface area contributed by atoms with Crippen LogP contribution in [0, 0.1) is 0 Å². The van der Waals surface area contributed by atoms with E-state index in [1.54, 1.807) is 24.3 Å². The SMILES string of the molecule is O=S(=O)(CCl)Cc1ccccc1Cl. The van der Waals surface area contributed by atoms with Gasteiger partial charge in [-0.25, -0.2) is 8.42 Å². The lowest BCUT2D eigenvalue weighted by Gasteiger charge is -2.02. The summed E-state index contributed by atoms with van der Waals surface area (Å²) in [4.78, 5) is 0. The molecule has 0 bridgehead atoms. The average Bonchev–Trinajstić information content (AvgIpc) is 2.09. The second-order valence-electron chi connectivity index (χ2n) is 2.59. The quantitative estimate of drug-likeness (QED) is 0.759. The lowest BCUT2D eigenvalue weighted by atomic mass is 10.2. The van der Waals surface area contributed by atoms with Crippen LogP contribution >= 0.6 is 23.2 Å². The molecule has 0 aliphatic carbocycles. The molecule has 1 rings (SSSR count). The molecule has 0 aliphatic rings. The van der Waals surface area contributed by atoms with Crippen LogP contribution in [0.4, 0.5) is 0 Å². The topological polar surface area (TPSA) is 34.1 Å². The molecular weight excluding hydrogens is 231 g/mol. The Morgan fingerprint density at radius 2 is 1.85 bits per heavy atom. The minimum atomic E-state index is -3.21. The molecule has 72 valence electrons. The average molecular weight is 239 g/mol. The largest absolute Gasteiger partial charge is 0.227 e. The summed E-state index contributed by atoms with van der Waals surface area (Å²) in [6, 6.07) is 6.82. The van der Waals surface area contributed by atoms with E-state index in [0.717, 1.165) is 0 Å². The molecule has 1 aromatic carbocycles. The minimum absolute atomic E-state index is 0.101. The first kappa shape index (κ1) is 10.8. The molecule has 0 saturated heterocycles. The molecule has 0 N–H and O–H groups in total. The van der Waals surface area contributed by atoms with Crippen LogP contribution < -0.4 is 0 Å². The van der Waals surface area contributed by atoms with Crippen molar-refractivity contribution in [2.75, 3.05) is 5.21 Å². The van der Waals surface area contributed by atoms with E-state index in [2.05, 4.69) is 0 Å². The van der Waals surface area contributed by atoms with Crippen molar-refractivity contribution in [2.45, 2.75) is 5.75 Å². The van der Waals surface area contributed by atoms with Gasteiger partial charge in [-0.15, -0.1) is 11.6 Å². The third-order valence-corrected chi connectivity index (χ3v) is 3.95.